The fourth-order valence-electron chi connectivity index (χ4n) is 2.37. The Kier molecular flexibility index (Phi) is 2.41. The van der Waals surface area contributed by atoms with Gasteiger partial charge in [0, 0.05) is 32.1 Å². The van der Waals surface area contributed by atoms with Crippen LogP contribution >= 0.6 is 0 Å². The van der Waals surface area contributed by atoms with Gasteiger partial charge in [0.15, 0.2) is 0 Å². The van der Waals surface area contributed by atoms with Crippen molar-refractivity contribution in [3.63, 3.8) is 0 Å². The van der Waals surface area contributed by atoms with Crippen molar-refractivity contribution in [1.82, 2.24) is 10.2 Å². The van der Waals surface area contributed by atoms with E-state index >= 15 is 0 Å². The summed E-state index contributed by atoms with van der Waals surface area (Å²) in [6.45, 7) is 2.28. The number of carbonyl (C=O) groups excluding carboxylic acids is 1. The Morgan fingerprint density at radius 3 is 3.14 bits per heavy atom. The van der Waals surface area contributed by atoms with Crippen LogP contribution in [0.5, 0.6) is 0 Å². The van der Waals surface area contributed by atoms with Gasteiger partial charge in [0.05, 0.1) is 6.42 Å². The van der Waals surface area contributed by atoms with Gasteiger partial charge in [0.25, 0.3) is 0 Å². The monoisotopic (exact) mass is 198 g/mol. The Hall–Kier alpha value is -1.10. The highest BCUT2D eigenvalue weighted by Gasteiger charge is 2.41. The Balaban J connectivity index is 2.06. The molecule has 0 spiro atoms. The molecule has 0 aromatic rings. The maximum atomic E-state index is 11.5. The summed E-state index contributed by atoms with van der Waals surface area (Å²) >= 11 is 0. The van der Waals surface area contributed by atoms with E-state index in [2.05, 4.69) is 5.32 Å². The molecule has 2 rings (SSSR count). The smallest absolute Gasteiger partial charge is 0.303 e. The Bertz CT molecular complexity index is 267. The molecular weight excluding hydrogens is 184 g/mol. The molecular formula is C9H14N2O3. The van der Waals surface area contributed by atoms with Crippen molar-refractivity contribution in [2.45, 2.75) is 18.9 Å². The number of hydrogen-bond acceptors (Lipinski definition) is 3. The third-order valence-corrected chi connectivity index (χ3v) is 3.02. The van der Waals surface area contributed by atoms with Gasteiger partial charge in [-0.15, -0.1) is 0 Å². The van der Waals surface area contributed by atoms with Gasteiger partial charge in [-0.3, -0.25) is 9.59 Å². The van der Waals surface area contributed by atoms with Gasteiger partial charge in [-0.2, -0.15) is 0 Å². The summed E-state index contributed by atoms with van der Waals surface area (Å²) < 4.78 is 0. The number of carboxylic acids is 1. The average Bonchev–Trinajstić information content (AvgIpc) is 2.44. The molecule has 0 bridgehead atoms. The van der Waals surface area contributed by atoms with Crippen molar-refractivity contribution >= 4 is 11.9 Å². The molecule has 78 valence electrons. The summed E-state index contributed by atoms with van der Waals surface area (Å²) in [6, 6.07) is 0.104. The van der Waals surface area contributed by atoms with Crippen molar-refractivity contribution in [2.24, 2.45) is 5.92 Å². The third kappa shape index (κ3) is 1.59. The summed E-state index contributed by atoms with van der Waals surface area (Å²) in [5.41, 5.74) is 0. The molecule has 14 heavy (non-hydrogen) atoms. The van der Waals surface area contributed by atoms with Gasteiger partial charge < -0.3 is 15.3 Å². The van der Waals surface area contributed by atoms with E-state index in [1.54, 1.807) is 0 Å². The SMILES string of the molecule is O=C(O)CC1CC(=O)N2CCNCC12. The van der Waals surface area contributed by atoms with E-state index in [4.69, 9.17) is 5.11 Å². The minimum absolute atomic E-state index is 0.00667. The predicted octanol–water partition coefficient (Wildman–Crippen LogP) is -0.719. The van der Waals surface area contributed by atoms with Crippen LogP contribution in [-0.2, 0) is 9.59 Å². The molecule has 5 nitrogen and oxygen atoms in total. The van der Waals surface area contributed by atoms with Crippen LogP contribution in [0.25, 0.3) is 0 Å². The number of fused-ring (bicyclic) bond motifs is 1. The first kappa shape index (κ1) is 9.45. The zero-order chi connectivity index (χ0) is 10.1. The maximum absolute atomic E-state index is 11.5. The lowest BCUT2D eigenvalue weighted by Crippen LogP contribution is -2.51. The molecule has 0 saturated carbocycles. The van der Waals surface area contributed by atoms with Crippen LogP contribution in [0.3, 0.4) is 0 Å². The second-order valence-corrected chi connectivity index (χ2v) is 3.92. The highest BCUT2D eigenvalue weighted by atomic mass is 16.4. The molecule has 1 amide bonds. The summed E-state index contributed by atoms with van der Waals surface area (Å²) in [5, 5.41) is 11.9. The number of nitrogens with one attached hydrogen (secondary N) is 1. The Morgan fingerprint density at radius 1 is 1.64 bits per heavy atom. The number of nitrogens with zero attached hydrogens (tertiary/aromatic N) is 1. The number of aliphatic carboxylic acids is 1. The van der Waals surface area contributed by atoms with Crippen molar-refractivity contribution in [1.29, 1.82) is 0 Å². The van der Waals surface area contributed by atoms with Crippen molar-refractivity contribution < 1.29 is 14.7 Å². The van der Waals surface area contributed by atoms with Crippen LogP contribution in [0.2, 0.25) is 0 Å². The van der Waals surface area contributed by atoms with Gasteiger partial charge in [-0.1, -0.05) is 0 Å². The van der Waals surface area contributed by atoms with Crippen molar-refractivity contribution in [3.05, 3.63) is 0 Å². The number of rotatable bonds is 2. The molecule has 2 fully saturated rings. The van der Waals surface area contributed by atoms with E-state index in [0.717, 1.165) is 19.6 Å². The molecule has 2 unspecified atom stereocenters. The standard InChI is InChI=1S/C9H14N2O3/c12-8-3-6(4-9(13)14)7-5-10-1-2-11(7)8/h6-7,10H,1-5H2,(H,13,14). The van der Waals surface area contributed by atoms with Crippen LogP contribution < -0.4 is 5.32 Å². The quantitative estimate of drug-likeness (QED) is 0.614. The molecule has 2 N–H and O–H groups in total. The summed E-state index contributed by atoms with van der Waals surface area (Å²) in [4.78, 5) is 23.9. The second kappa shape index (κ2) is 3.57. The molecule has 0 aromatic carbocycles. The highest BCUT2D eigenvalue weighted by Crippen LogP contribution is 2.28. The molecule has 0 aliphatic carbocycles. The lowest BCUT2D eigenvalue weighted by Gasteiger charge is -2.32. The van der Waals surface area contributed by atoms with E-state index in [1.165, 1.54) is 0 Å². The van der Waals surface area contributed by atoms with E-state index in [-0.39, 0.29) is 24.3 Å². The third-order valence-electron chi connectivity index (χ3n) is 3.02. The van der Waals surface area contributed by atoms with Gasteiger partial charge in [-0.05, 0) is 5.92 Å². The highest BCUT2D eigenvalue weighted by molar-refractivity contribution is 5.80. The van der Waals surface area contributed by atoms with Crippen LogP contribution in [0.4, 0.5) is 0 Å². The van der Waals surface area contributed by atoms with Crippen molar-refractivity contribution in [3.8, 4) is 0 Å². The number of amides is 1. The second-order valence-electron chi connectivity index (χ2n) is 3.92. The van der Waals surface area contributed by atoms with Crippen LogP contribution in [0.1, 0.15) is 12.8 Å². The van der Waals surface area contributed by atoms with Gasteiger partial charge in [-0.25, -0.2) is 0 Å². The fourth-order valence-corrected chi connectivity index (χ4v) is 2.37. The lowest BCUT2D eigenvalue weighted by molar-refractivity contribution is -0.138. The minimum atomic E-state index is -0.810. The number of carbonyl (C=O) groups is 2. The van der Waals surface area contributed by atoms with E-state index in [9.17, 15) is 9.59 Å². The molecule has 0 aromatic heterocycles. The summed E-state index contributed by atoms with van der Waals surface area (Å²) in [7, 11) is 0. The summed E-state index contributed by atoms with van der Waals surface area (Å²) in [5.74, 6) is -0.703. The minimum Gasteiger partial charge on any atom is -0.481 e. The molecule has 2 aliphatic rings. The zero-order valence-corrected chi connectivity index (χ0v) is 7.90. The average molecular weight is 198 g/mol. The fraction of sp³-hybridized carbons (Fsp3) is 0.778. The lowest BCUT2D eigenvalue weighted by atomic mass is 9.96. The number of hydrogen-bond donors (Lipinski definition) is 2. The van der Waals surface area contributed by atoms with Gasteiger partial charge in [0.1, 0.15) is 0 Å². The largest absolute Gasteiger partial charge is 0.481 e. The van der Waals surface area contributed by atoms with Crippen molar-refractivity contribution in [2.75, 3.05) is 19.6 Å². The summed E-state index contributed by atoms with van der Waals surface area (Å²) in [6.07, 6.45) is 0.507. The molecule has 2 aliphatic heterocycles. The van der Waals surface area contributed by atoms with Crippen LogP contribution in [0, 0.1) is 5.92 Å². The zero-order valence-electron chi connectivity index (χ0n) is 7.90. The first-order chi connectivity index (χ1) is 6.68. The number of carboxylic acid groups (broad SMARTS) is 1. The van der Waals surface area contributed by atoms with Crippen LogP contribution in [-0.4, -0.2) is 47.6 Å². The topological polar surface area (TPSA) is 69.6 Å². The molecule has 2 atom stereocenters. The molecule has 5 heteroatoms. The number of piperazine rings is 1. The molecule has 0 radical (unpaired) electrons. The predicted molar refractivity (Wildman–Crippen MR) is 48.7 cm³/mol. The van der Waals surface area contributed by atoms with Gasteiger partial charge >= 0.3 is 5.97 Å². The van der Waals surface area contributed by atoms with E-state index < -0.39 is 5.97 Å². The Morgan fingerprint density at radius 2 is 2.43 bits per heavy atom. The first-order valence-corrected chi connectivity index (χ1v) is 4.90. The van der Waals surface area contributed by atoms with E-state index in [0.29, 0.717) is 6.42 Å². The Labute approximate surface area is 82.1 Å². The molecule has 2 saturated heterocycles. The maximum Gasteiger partial charge on any atom is 0.303 e. The normalized spacial score (nSPS) is 31.7. The first-order valence-electron chi connectivity index (χ1n) is 4.90. The molecule has 2 heterocycles. The van der Waals surface area contributed by atoms with Gasteiger partial charge in [0.2, 0.25) is 5.91 Å². The van der Waals surface area contributed by atoms with E-state index in [1.807, 2.05) is 4.90 Å². The van der Waals surface area contributed by atoms with Crippen LogP contribution in [0.15, 0.2) is 0 Å².